The minimum atomic E-state index is -4.41. The molecule has 3 fully saturated rings. The lowest BCUT2D eigenvalue weighted by atomic mass is 9.76. The predicted molar refractivity (Wildman–Crippen MR) is 370 cm³/mol. The van der Waals surface area contributed by atoms with E-state index in [0.717, 1.165) is 53.1 Å². The van der Waals surface area contributed by atoms with E-state index >= 15 is 0 Å². The van der Waals surface area contributed by atoms with Gasteiger partial charge in [-0.15, -0.1) is 30.6 Å². The summed E-state index contributed by atoms with van der Waals surface area (Å²) in [5.74, 6) is 0. The fraction of sp³-hybridized carbons (Fsp3) is 0.447. The van der Waals surface area contributed by atoms with Crippen LogP contribution in [0.25, 0.3) is 0 Å². The second kappa shape index (κ2) is 32.8. The maximum Gasteiger partial charge on any atom is 0.416 e. The van der Waals surface area contributed by atoms with E-state index in [1.54, 1.807) is 97.7 Å². The summed E-state index contributed by atoms with van der Waals surface area (Å²) in [6, 6.07) is 41.7. The van der Waals surface area contributed by atoms with Crippen LogP contribution in [-0.2, 0) is 66.0 Å². The number of nitrogens with zero attached hydrogens (tertiary/aromatic N) is 9. The zero-order valence-electron chi connectivity index (χ0n) is 57.7. The number of alkyl halides is 9. The van der Waals surface area contributed by atoms with Crippen LogP contribution in [0.3, 0.4) is 0 Å². The van der Waals surface area contributed by atoms with Gasteiger partial charge in [-0.2, -0.15) is 39.5 Å². The first-order chi connectivity index (χ1) is 48.5. The number of benzene rings is 6. The molecular formula is C76H91F9N12O6. The Morgan fingerprint density at radius 3 is 0.806 bits per heavy atom. The molecule has 0 radical (unpaired) electrons. The summed E-state index contributed by atoms with van der Waals surface area (Å²) in [4.78, 5) is 0. The Kier molecular flexibility index (Phi) is 25.1. The lowest BCUT2D eigenvalue weighted by Crippen LogP contribution is -2.60. The molecule has 12 rings (SSSR count). The van der Waals surface area contributed by atoms with Crippen LogP contribution in [0.15, 0.2) is 184 Å². The van der Waals surface area contributed by atoms with Gasteiger partial charge in [-0.1, -0.05) is 133 Å². The molecule has 0 spiro atoms. The van der Waals surface area contributed by atoms with Gasteiger partial charge in [0.2, 0.25) is 0 Å². The van der Waals surface area contributed by atoms with Gasteiger partial charge in [0, 0.05) is 19.6 Å². The molecular weight excluding hydrogens is 1350 g/mol. The molecule has 3 saturated heterocycles. The van der Waals surface area contributed by atoms with Gasteiger partial charge in [-0.3, -0.25) is 0 Å². The topological polar surface area (TPSA) is 217 Å². The molecule has 3 aromatic heterocycles. The fourth-order valence-electron chi connectivity index (χ4n) is 13.9. The molecule has 103 heavy (non-hydrogen) atoms. The van der Waals surface area contributed by atoms with Crippen molar-refractivity contribution in [2.45, 2.75) is 158 Å². The summed E-state index contributed by atoms with van der Waals surface area (Å²) >= 11 is 0. The highest BCUT2D eigenvalue weighted by Crippen LogP contribution is 2.44. The molecule has 554 valence electrons. The largest absolute Gasteiger partial charge is 0.416 e. The average Bonchev–Trinajstić information content (AvgIpc) is 1.72. The van der Waals surface area contributed by atoms with E-state index in [0.29, 0.717) is 91.5 Å². The molecule has 6 aromatic carbocycles. The number of hydrogen-bond donors (Lipinski definition) is 6. The van der Waals surface area contributed by atoms with Crippen LogP contribution in [-0.4, -0.2) is 119 Å². The first kappa shape index (κ1) is 78.9. The minimum absolute atomic E-state index is 0. The van der Waals surface area contributed by atoms with Gasteiger partial charge in [-0.05, 0) is 150 Å². The first-order valence-electron chi connectivity index (χ1n) is 33.7. The smallest absolute Gasteiger partial charge is 0.394 e. The molecule has 9 atom stereocenters. The van der Waals surface area contributed by atoms with Crippen molar-refractivity contribution in [1.82, 2.24) is 60.2 Å². The van der Waals surface area contributed by atoms with Crippen LogP contribution in [0, 0.1) is 20.8 Å². The highest BCUT2D eigenvalue weighted by molar-refractivity contribution is 5.36. The lowest BCUT2D eigenvalue weighted by Gasteiger charge is -2.47. The summed E-state index contributed by atoms with van der Waals surface area (Å²) < 4.78 is 144. The predicted octanol–water partition coefficient (Wildman–Crippen LogP) is 13.7. The van der Waals surface area contributed by atoms with Crippen LogP contribution in [0.4, 0.5) is 39.5 Å². The minimum Gasteiger partial charge on any atom is -0.394 e. The summed E-state index contributed by atoms with van der Waals surface area (Å²) in [7, 11) is 0. The average molecular weight is 1440 g/mol. The Hall–Kier alpha value is -8.25. The Morgan fingerprint density at radius 1 is 0.379 bits per heavy atom. The van der Waals surface area contributed by atoms with Crippen molar-refractivity contribution in [3.8, 4) is 0 Å². The van der Waals surface area contributed by atoms with E-state index < -0.39 is 86.8 Å². The van der Waals surface area contributed by atoms with Gasteiger partial charge in [0.25, 0.3) is 0 Å². The monoisotopic (exact) mass is 1440 g/mol. The summed E-state index contributed by atoms with van der Waals surface area (Å²) in [6.07, 6.45) is -1.39. The second-order valence-electron chi connectivity index (χ2n) is 27.4. The van der Waals surface area contributed by atoms with E-state index in [9.17, 15) is 54.8 Å². The molecule has 27 heteroatoms. The van der Waals surface area contributed by atoms with Crippen molar-refractivity contribution in [2.24, 2.45) is 0 Å². The standard InChI is InChI=1S/3C25H29F3N4O2.CH4/c3*1-18-10-20(12-22(11-18)25(26,27)28)19(2)34-15-24(21-6-4-3-5-7-21)9-8-23(14-33,13-29-24)32-16-30-31-17-32;/h3*3-7,10-12,16-17,19,29,33H,8-9,13-15H2,1-2H3;1H4/t19-,23+,24-;19-,23-,24+;19-,23-,24-;/m000./s1. The number of aliphatic hydroxyl groups excluding tert-OH is 3. The summed E-state index contributed by atoms with van der Waals surface area (Å²) in [6.45, 7) is 12.2. The Labute approximate surface area is 594 Å². The van der Waals surface area contributed by atoms with Gasteiger partial charge < -0.3 is 59.2 Å². The van der Waals surface area contributed by atoms with Gasteiger partial charge in [-0.25, -0.2) is 0 Å². The van der Waals surface area contributed by atoms with E-state index in [4.69, 9.17) is 14.2 Å². The maximum absolute atomic E-state index is 13.3. The van der Waals surface area contributed by atoms with Crippen molar-refractivity contribution in [3.63, 3.8) is 0 Å². The number of aryl methyl sites for hydroxylation is 3. The van der Waals surface area contributed by atoms with Gasteiger partial charge in [0.15, 0.2) is 0 Å². The highest BCUT2D eigenvalue weighted by atomic mass is 19.4. The normalized spacial score (nSPS) is 23.9. The van der Waals surface area contributed by atoms with Crippen molar-refractivity contribution in [1.29, 1.82) is 0 Å². The van der Waals surface area contributed by atoms with E-state index in [-0.39, 0.29) is 47.1 Å². The number of rotatable bonds is 21. The summed E-state index contributed by atoms with van der Waals surface area (Å²) in [5, 5.41) is 64.6. The van der Waals surface area contributed by atoms with Gasteiger partial charge in [0.1, 0.15) is 38.0 Å². The molecule has 0 amide bonds. The van der Waals surface area contributed by atoms with Crippen molar-refractivity contribution in [2.75, 3.05) is 59.3 Å². The number of aliphatic hydroxyl groups is 3. The molecule has 3 aliphatic rings. The Bertz CT molecular complexity index is 3650. The van der Waals surface area contributed by atoms with Crippen LogP contribution >= 0.6 is 0 Å². The van der Waals surface area contributed by atoms with Gasteiger partial charge in [0.05, 0.1) is 108 Å². The van der Waals surface area contributed by atoms with E-state index in [2.05, 4.69) is 46.5 Å². The van der Waals surface area contributed by atoms with Crippen LogP contribution < -0.4 is 16.0 Å². The molecule has 3 aliphatic heterocycles. The number of hydrogen-bond acceptors (Lipinski definition) is 15. The second-order valence-corrected chi connectivity index (χ2v) is 27.4. The van der Waals surface area contributed by atoms with Crippen LogP contribution in [0.2, 0.25) is 0 Å². The third kappa shape index (κ3) is 18.3. The molecule has 0 aliphatic carbocycles. The SMILES string of the molecule is C.Cc1cc([C@H](C)OC[C@@]2(c3ccccc3)CC[C@](CO)(n3cnnc3)CN2)cc(C(F)(F)F)c1.Cc1cc([C@H](C)OC[C@]2(c3ccccc3)CC[C@@](CO)(n3cnnc3)CN2)cc(C(F)(F)F)c1.Cc1cc([C@H](C)OC[C@]2(c3ccccc3)CC[C@](CO)(n3cnnc3)CN2)cc(C(F)(F)F)c1. The van der Waals surface area contributed by atoms with Crippen LogP contribution in [0.5, 0.6) is 0 Å². The summed E-state index contributed by atoms with van der Waals surface area (Å²) in [5.41, 5.74) is 0.727. The number of ether oxygens (including phenoxy) is 3. The third-order valence-electron chi connectivity index (χ3n) is 20.5. The Balaban J connectivity index is 0.000000179. The zero-order valence-corrected chi connectivity index (χ0v) is 57.7. The van der Waals surface area contributed by atoms with Crippen molar-refractivity contribution >= 4 is 0 Å². The molecule has 6 N–H and O–H groups in total. The molecule has 6 heterocycles. The molecule has 9 aromatic rings. The third-order valence-corrected chi connectivity index (χ3v) is 20.5. The Morgan fingerprint density at radius 2 is 0.612 bits per heavy atom. The molecule has 0 unspecified atom stereocenters. The zero-order chi connectivity index (χ0) is 73.2. The number of nitrogens with one attached hydrogen (secondary N) is 3. The van der Waals surface area contributed by atoms with Crippen molar-refractivity contribution < 1.29 is 69.0 Å². The quantitative estimate of drug-likeness (QED) is 0.0369. The number of piperidine rings is 3. The van der Waals surface area contributed by atoms with Crippen molar-refractivity contribution in [3.05, 3.63) is 250 Å². The molecule has 0 bridgehead atoms. The molecule has 0 saturated carbocycles. The van der Waals surface area contributed by atoms with E-state index in [1.165, 1.54) is 0 Å². The highest BCUT2D eigenvalue weighted by Gasteiger charge is 2.48. The van der Waals surface area contributed by atoms with E-state index in [1.807, 2.05) is 105 Å². The number of aromatic nitrogens is 9. The van der Waals surface area contributed by atoms with Gasteiger partial charge >= 0.3 is 18.5 Å². The lowest BCUT2D eigenvalue weighted by molar-refractivity contribution is -0.138. The molecule has 18 nitrogen and oxygen atoms in total. The first-order valence-corrected chi connectivity index (χ1v) is 33.7. The fourth-order valence-corrected chi connectivity index (χ4v) is 13.9. The van der Waals surface area contributed by atoms with Crippen LogP contribution in [0.1, 0.15) is 152 Å². The maximum atomic E-state index is 13.3. The number of halogens is 9.